The number of carboxylic acids is 1. The third-order valence-corrected chi connectivity index (χ3v) is 3.71. The minimum Gasteiger partial charge on any atom is -0.478 e. The molecule has 0 atom stereocenters. The molecule has 0 saturated carbocycles. The van der Waals surface area contributed by atoms with Crippen molar-refractivity contribution in [1.82, 2.24) is 9.78 Å². The van der Waals surface area contributed by atoms with E-state index in [0.717, 1.165) is 22.2 Å². The van der Waals surface area contributed by atoms with E-state index >= 15 is 0 Å². The molecule has 0 aromatic carbocycles. The normalized spacial score (nSPS) is 11.0. The zero-order valence-corrected chi connectivity index (χ0v) is 12.5. The lowest BCUT2D eigenvalue weighted by molar-refractivity contribution is -0.131. The fourth-order valence-electron chi connectivity index (χ4n) is 1.67. The first-order chi connectivity index (χ1) is 9.95. The summed E-state index contributed by atoms with van der Waals surface area (Å²) in [4.78, 5) is 25.2. The van der Waals surface area contributed by atoms with Crippen LogP contribution in [0.5, 0.6) is 0 Å². The molecule has 2 heterocycles. The van der Waals surface area contributed by atoms with Crippen LogP contribution in [0.2, 0.25) is 0 Å². The topological polar surface area (TPSA) is 75.4 Å². The molecular weight excluding hydrogens is 290 g/mol. The van der Waals surface area contributed by atoms with Crippen molar-refractivity contribution in [2.75, 3.05) is 19.0 Å². The van der Waals surface area contributed by atoms with Crippen LogP contribution in [0.4, 0.5) is 5.69 Å². The Morgan fingerprint density at radius 1 is 1.48 bits per heavy atom. The lowest BCUT2D eigenvalue weighted by Crippen LogP contribution is -2.24. The van der Waals surface area contributed by atoms with E-state index in [1.54, 1.807) is 6.20 Å². The van der Waals surface area contributed by atoms with E-state index in [9.17, 15) is 9.59 Å². The average molecular weight is 305 g/mol. The van der Waals surface area contributed by atoms with Crippen LogP contribution in [-0.4, -0.2) is 35.0 Å². The first-order valence-electron chi connectivity index (χ1n) is 6.18. The Bertz CT molecular complexity index is 731. The maximum Gasteiger partial charge on any atom is 0.328 e. The zero-order valence-electron chi connectivity index (χ0n) is 11.7. The summed E-state index contributed by atoms with van der Waals surface area (Å²) in [6.45, 7) is 0.373. The van der Waals surface area contributed by atoms with Crippen molar-refractivity contribution in [2.45, 2.75) is 6.54 Å². The number of hydrogen-bond acceptors (Lipinski definition) is 5. The molecule has 0 fully saturated rings. The van der Waals surface area contributed by atoms with Crippen LogP contribution in [0.3, 0.4) is 0 Å². The molecule has 2 rings (SSSR count). The highest BCUT2D eigenvalue weighted by Gasteiger charge is 2.04. The molecule has 0 spiro atoms. The number of carboxylic acid groups (broad SMARTS) is 1. The number of anilines is 1. The molecule has 0 bridgehead atoms. The predicted octanol–water partition coefficient (Wildman–Crippen LogP) is 1.52. The van der Waals surface area contributed by atoms with Gasteiger partial charge in [-0.3, -0.25) is 4.79 Å². The number of thiophene rings is 1. The summed E-state index contributed by atoms with van der Waals surface area (Å²) in [5, 5.41) is 14.6. The minimum absolute atomic E-state index is 0.169. The fraction of sp³-hybridized carbons (Fsp3) is 0.214. The Balaban J connectivity index is 2.15. The smallest absolute Gasteiger partial charge is 0.328 e. The van der Waals surface area contributed by atoms with Crippen LogP contribution >= 0.6 is 11.3 Å². The Morgan fingerprint density at radius 3 is 2.86 bits per heavy atom. The number of aromatic nitrogens is 2. The Hall–Kier alpha value is -2.41. The second kappa shape index (κ2) is 6.36. The maximum atomic E-state index is 12.0. The lowest BCUT2D eigenvalue weighted by Gasteiger charge is -2.11. The van der Waals surface area contributed by atoms with Crippen LogP contribution in [0.1, 0.15) is 10.4 Å². The molecule has 0 aliphatic rings. The van der Waals surface area contributed by atoms with Crippen molar-refractivity contribution < 1.29 is 9.90 Å². The second-order valence-electron chi connectivity index (χ2n) is 4.62. The van der Waals surface area contributed by atoms with Crippen molar-refractivity contribution >= 4 is 29.1 Å². The van der Waals surface area contributed by atoms with E-state index in [-0.39, 0.29) is 5.56 Å². The van der Waals surface area contributed by atoms with Crippen LogP contribution in [0, 0.1) is 0 Å². The molecule has 0 aliphatic heterocycles. The molecule has 0 unspecified atom stereocenters. The number of carbonyl (C=O) groups is 1. The van der Waals surface area contributed by atoms with E-state index < -0.39 is 5.97 Å². The van der Waals surface area contributed by atoms with Gasteiger partial charge in [0.15, 0.2) is 0 Å². The van der Waals surface area contributed by atoms with Gasteiger partial charge in [0.05, 0.1) is 18.4 Å². The first kappa shape index (κ1) is 15.0. The highest BCUT2D eigenvalue weighted by Crippen LogP contribution is 2.16. The largest absolute Gasteiger partial charge is 0.478 e. The van der Waals surface area contributed by atoms with Gasteiger partial charge in [0, 0.05) is 31.1 Å². The van der Waals surface area contributed by atoms with Gasteiger partial charge in [0.1, 0.15) is 0 Å². The minimum atomic E-state index is -0.986. The number of hydrogen-bond donors (Lipinski definition) is 1. The van der Waals surface area contributed by atoms with E-state index in [0.29, 0.717) is 6.54 Å². The molecule has 21 heavy (non-hydrogen) atoms. The maximum absolute atomic E-state index is 12.0. The van der Waals surface area contributed by atoms with Crippen molar-refractivity contribution in [1.29, 1.82) is 0 Å². The van der Waals surface area contributed by atoms with Gasteiger partial charge in [0.2, 0.25) is 0 Å². The number of aliphatic carboxylic acids is 1. The Kier molecular flexibility index (Phi) is 4.54. The van der Waals surface area contributed by atoms with E-state index in [1.807, 2.05) is 30.4 Å². The van der Waals surface area contributed by atoms with Crippen LogP contribution in [0.15, 0.2) is 34.6 Å². The molecule has 110 valence electrons. The summed E-state index contributed by atoms with van der Waals surface area (Å²) >= 11 is 1.46. The van der Waals surface area contributed by atoms with E-state index in [4.69, 9.17) is 5.11 Å². The predicted molar refractivity (Wildman–Crippen MR) is 82.9 cm³/mol. The van der Waals surface area contributed by atoms with Gasteiger partial charge < -0.3 is 10.0 Å². The Labute approximate surface area is 125 Å². The molecule has 7 heteroatoms. The third kappa shape index (κ3) is 4.03. The summed E-state index contributed by atoms with van der Waals surface area (Å²) in [5.74, 6) is -0.986. The molecule has 0 amide bonds. The quantitative estimate of drug-likeness (QED) is 0.848. The second-order valence-corrected chi connectivity index (χ2v) is 5.62. The summed E-state index contributed by atoms with van der Waals surface area (Å²) in [5.41, 5.74) is 1.39. The van der Waals surface area contributed by atoms with Gasteiger partial charge in [0.25, 0.3) is 5.56 Å². The highest BCUT2D eigenvalue weighted by atomic mass is 32.1. The molecule has 1 N–H and O–H groups in total. The summed E-state index contributed by atoms with van der Waals surface area (Å²) in [6, 6.07) is 3.38. The molecule has 0 saturated heterocycles. The van der Waals surface area contributed by atoms with Crippen molar-refractivity contribution in [3.8, 4) is 0 Å². The third-order valence-electron chi connectivity index (χ3n) is 2.77. The molecular formula is C14H15N3O3S. The van der Waals surface area contributed by atoms with E-state index in [2.05, 4.69) is 5.10 Å². The van der Waals surface area contributed by atoms with Crippen molar-refractivity contribution in [2.24, 2.45) is 0 Å². The van der Waals surface area contributed by atoms with Gasteiger partial charge >= 0.3 is 5.97 Å². The van der Waals surface area contributed by atoms with Crippen molar-refractivity contribution in [3.63, 3.8) is 0 Å². The van der Waals surface area contributed by atoms with Gasteiger partial charge in [-0.05, 0) is 23.1 Å². The SMILES string of the molecule is CN(C)c1cnn(Cc2cc(/C=C/C(=O)O)cs2)c(=O)c1. The monoisotopic (exact) mass is 305 g/mol. The number of rotatable bonds is 5. The molecule has 2 aromatic heterocycles. The molecule has 0 aliphatic carbocycles. The summed E-state index contributed by atoms with van der Waals surface area (Å²) in [6.07, 6.45) is 4.25. The summed E-state index contributed by atoms with van der Waals surface area (Å²) in [7, 11) is 3.70. The van der Waals surface area contributed by atoms with E-state index in [1.165, 1.54) is 28.2 Å². The Morgan fingerprint density at radius 2 is 2.24 bits per heavy atom. The zero-order chi connectivity index (χ0) is 15.4. The molecule has 6 nitrogen and oxygen atoms in total. The van der Waals surface area contributed by atoms with Crippen LogP contribution in [0.25, 0.3) is 6.08 Å². The first-order valence-corrected chi connectivity index (χ1v) is 7.06. The average Bonchev–Trinajstić information content (AvgIpc) is 2.86. The van der Waals surface area contributed by atoms with Gasteiger partial charge in [-0.1, -0.05) is 0 Å². The molecule has 2 aromatic rings. The van der Waals surface area contributed by atoms with Crippen LogP contribution in [-0.2, 0) is 11.3 Å². The standard InChI is InChI=1S/C14H15N3O3S/c1-16(2)11-6-13(18)17(15-7-11)8-12-5-10(9-21-12)3-4-14(19)20/h3-7,9H,8H2,1-2H3,(H,19,20)/b4-3+. The van der Waals surface area contributed by atoms with Gasteiger partial charge in [-0.2, -0.15) is 5.10 Å². The summed E-state index contributed by atoms with van der Waals surface area (Å²) < 4.78 is 1.38. The highest BCUT2D eigenvalue weighted by molar-refractivity contribution is 7.10. The number of nitrogens with zero attached hydrogens (tertiary/aromatic N) is 3. The van der Waals surface area contributed by atoms with Gasteiger partial charge in [-0.25, -0.2) is 9.48 Å². The lowest BCUT2D eigenvalue weighted by atomic mass is 10.3. The molecule has 0 radical (unpaired) electrons. The van der Waals surface area contributed by atoms with Gasteiger partial charge in [-0.15, -0.1) is 11.3 Å². The van der Waals surface area contributed by atoms with Crippen LogP contribution < -0.4 is 10.5 Å². The van der Waals surface area contributed by atoms with Crippen molar-refractivity contribution in [3.05, 3.63) is 50.6 Å². The fourth-order valence-corrected chi connectivity index (χ4v) is 2.51.